The zero-order valence-corrected chi connectivity index (χ0v) is 13.6. The molecule has 1 amide bonds. The van der Waals surface area contributed by atoms with Crippen LogP contribution in [0.3, 0.4) is 0 Å². The number of halogens is 1. The zero-order chi connectivity index (χ0) is 15.9. The molecule has 0 aliphatic heterocycles. The van der Waals surface area contributed by atoms with Gasteiger partial charge < -0.3 is 10.6 Å². The van der Waals surface area contributed by atoms with E-state index in [2.05, 4.69) is 22.7 Å². The summed E-state index contributed by atoms with van der Waals surface area (Å²) in [6.45, 7) is 5.25. The Bertz CT molecular complexity index is 609. The maximum absolute atomic E-state index is 12.1. The molecule has 0 spiro atoms. The van der Waals surface area contributed by atoms with E-state index in [0.717, 1.165) is 12.1 Å². The van der Waals surface area contributed by atoms with E-state index in [1.165, 1.54) is 5.56 Å². The van der Waals surface area contributed by atoms with E-state index in [1.54, 1.807) is 17.1 Å². The molecule has 0 radical (unpaired) electrons. The van der Waals surface area contributed by atoms with E-state index in [4.69, 9.17) is 11.6 Å². The number of amides is 1. The lowest BCUT2D eigenvalue weighted by Crippen LogP contribution is -2.39. The second kappa shape index (κ2) is 7.96. The summed E-state index contributed by atoms with van der Waals surface area (Å²) in [5.74, 6) is -0.0530. The molecule has 1 aromatic carbocycles. The minimum Gasteiger partial charge on any atom is -0.325 e. The van der Waals surface area contributed by atoms with Crippen LogP contribution in [0.25, 0.3) is 0 Å². The first-order chi connectivity index (χ1) is 10.6. The number of nitrogens with zero attached hydrogens (tertiary/aromatic N) is 2. The van der Waals surface area contributed by atoms with Gasteiger partial charge in [0, 0.05) is 18.4 Å². The van der Waals surface area contributed by atoms with Crippen molar-refractivity contribution < 1.29 is 4.79 Å². The Hall–Kier alpha value is -1.85. The zero-order valence-electron chi connectivity index (χ0n) is 12.8. The summed E-state index contributed by atoms with van der Waals surface area (Å²) in [7, 11) is 0. The van der Waals surface area contributed by atoms with Crippen molar-refractivity contribution in [3.05, 3.63) is 47.2 Å². The number of nitrogens with one attached hydrogen (secondary N) is 2. The van der Waals surface area contributed by atoms with Gasteiger partial charge in [0.15, 0.2) is 0 Å². The van der Waals surface area contributed by atoms with Crippen molar-refractivity contribution in [3.8, 4) is 0 Å². The first kappa shape index (κ1) is 16.5. The van der Waals surface area contributed by atoms with Crippen LogP contribution in [0.4, 0.5) is 5.69 Å². The molecule has 5 nitrogen and oxygen atoms in total. The van der Waals surface area contributed by atoms with Gasteiger partial charge in [0.2, 0.25) is 5.91 Å². The minimum absolute atomic E-state index is 0.0530. The summed E-state index contributed by atoms with van der Waals surface area (Å²) in [4.78, 5) is 12.1. The second-order valence-electron chi connectivity index (χ2n) is 5.14. The van der Waals surface area contributed by atoms with Crippen molar-refractivity contribution in [1.29, 1.82) is 0 Å². The second-order valence-corrected chi connectivity index (χ2v) is 5.57. The molecule has 22 heavy (non-hydrogen) atoms. The van der Waals surface area contributed by atoms with E-state index in [1.807, 2.05) is 31.2 Å². The molecule has 2 N–H and O–H groups in total. The molecule has 2 rings (SSSR count). The standard InChI is InChI=1S/C16H21ClN4O/c1-3-13-4-6-15(7-5-13)20-16(22)12(2)18-8-9-21-11-14(17)10-19-21/h4-7,10-12,18H,3,8-9H2,1-2H3,(H,20,22). The summed E-state index contributed by atoms with van der Waals surface area (Å²) in [5.41, 5.74) is 2.07. The van der Waals surface area contributed by atoms with Gasteiger partial charge >= 0.3 is 0 Å². The van der Waals surface area contributed by atoms with Gasteiger partial charge in [-0.2, -0.15) is 5.10 Å². The third-order valence-corrected chi connectivity index (χ3v) is 3.61. The molecule has 0 aliphatic carbocycles. The lowest BCUT2D eigenvalue weighted by Gasteiger charge is -2.14. The van der Waals surface area contributed by atoms with Gasteiger partial charge in [0.1, 0.15) is 0 Å². The monoisotopic (exact) mass is 320 g/mol. The average Bonchev–Trinajstić information content (AvgIpc) is 2.93. The van der Waals surface area contributed by atoms with Gasteiger partial charge in [-0.3, -0.25) is 9.48 Å². The normalized spacial score (nSPS) is 12.1. The molecule has 1 aromatic heterocycles. The molecule has 0 aliphatic rings. The average molecular weight is 321 g/mol. The molecule has 118 valence electrons. The third kappa shape index (κ3) is 4.86. The lowest BCUT2D eigenvalue weighted by molar-refractivity contribution is -0.117. The van der Waals surface area contributed by atoms with Gasteiger partial charge in [0.25, 0.3) is 0 Å². The molecule has 6 heteroatoms. The highest BCUT2D eigenvalue weighted by Crippen LogP contribution is 2.10. The van der Waals surface area contributed by atoms with E-state index in [9.17, 15) is 4.79 Å². The van der Waals surface area contributed by atoms with Crippen LogP contribution in [0.2, 0.25) is 5.02 Å². The first-order valence-corrected chi connectivity index (χ1v) is 7.77. The van der Waals surface area contributed by atoms with Crippen LogP contribution in [0.15, 0.2) is 36.7 Å². The van der Waals surface area contributed by atoms with Crippen molar-refractivity contribution in [2.75, 3.05) is 11.9 Å². The number of hydrogen-bond donors (Lipinski definition) is 2. The molecular weight excluding hydrogens is 300 g/mol. The number of anilines is 1. The van der Waals surface area contributed by atoms with Crippen LogP contribution in [-0.4, -0.2) is 28.3 Å². The van der Waals surface area contributed by atoms with E-state index < -0.39 is 0 Å². The molecule has 1 heterocycles. The highest BCUT2D eigenvalue weighted by atomic mass is 35.5. The summed E-state index contributed by atoms with van der Waals surface area (Å²) in [5, 5.41) is 10.8. The van der Waals surface area contributed by atoms with Crippen LogP contribution in [-0.2, 0) is 17.8 Å². The Morgan fingerprint density at radius 3 is 2.68 bits per heavy atom. The largest absolute Gasteiger partial charge is 0.325 e. The van der Waals surface area contributed by atoms with E-state index in [0.29, 0.717) is 18.1 Å². The molecule has 0 saturated heterocycles. The predicted molar refractivity (Wildman–Crippen MR) is 89.2 cm³/mol. The molecule has 0 bridgehead atoms. The number of carbonyl (C=O) groups excluding carboxylic acids is 1. The van der Waals surface area contributed by atoms with Gasteiger partial charge in [-0.25, -0.2) is 0 Å². The molecule has 0 saturated carbocycles. The van der Waals surface area contributed by atoms with Crippen molar-refractivity contribution >= 4 is 23.2 Å². The van der Waals surface area contributed by atoms with Crippen molar-refractivity contribution in [3.63, 3.8) is 0 Å². The Morgan fingerprint density at radius 2 is 2.09 bits per heavy atom. The Morgan fingerprint density at radius 1 is 1.36 bits per heavy atom. The van der Waals surface area contributed by atoms with E-state index >= 15 is 0 Å². The van der Waals surface area contributed by atoms with Crippen molar-refractivity contribution in [1.82, 2.24) is 15.1 Å². The maximum Gasteiger partial charge on any atom is 0.241 e. The SMILES string of the molecule is CCc1ccc(NC(=O)C(C)NCCn2cc(Cl)cn2)cc1. The Kier molecular flexibility index (Phi) is 5.98. The fraction of sp³-hybridized carbons (Fsp3) is 0.375. The number of benzene rings is 1. The number of carbonyl (C=O) groups is 1. The van der Waals surface area contributed by atoms with E-state index in [-0.39, 0.29) is 11.9 Å². The summed E-state index contributed by atoms with van der Waals surface area (Å²) < 4.78 is 1.74. The van der Waals surface area contributed by atoms with Gasteiger partial charge in [-0.15, -0.1) is 0 Å². The third-order valence-electron chi connectivity index (χ3n) is 3.42. The van der Waals surface area contributed by atoms with Crippen molar-refractivity contribution in [2.24, 2.45) is 0 Å². The van der Waals surface area contributed by atoms with Gasteiger partial charge in [-0.1, -0.05) is 30.7 Å². The molecule has 1 atom stereocenters. The number of hydrogen-bond acceptors (Lipinski definition) is 3. The highest BCUT2D eigenvalue weighted by Gasteiger charge is 2.12. The van der Waals surface area contributed by atoms with Crippen LogP contribution in [0.5, 0.6) is 0 Å². The van der Waals surface area contributed by atoms with Crippen LogP contribution >= 0.6 is 11.6 Å². The topological polar surface area (TPSA) is 59.0 Å². The van der Waals surface area contributed by atoms with Crippen LogP contribution < -0.4 is 10.6 Å². The van der Waals surface area contributed by atoms with Gasteiger partial charge in [0.05, 0.1) is 23.8 Å². The first-order valence-electron chi connectivity index (χ1n) is 7.39. The molecule has 2 aromatic rings. The quantitative estimate of drug-likeness (QED) is 0.824. The molecule has 0 fully saturated rings. The predicted octanol–water partition coefficient (Wildman–Crippen LogP) is 2.72. The summed E-state index contributed by atoms with van der Waals surface area (Å²) in [6.07, 6.45) is 4.34. The summed E-state index contributed by atoms with van der Waals surface area (Å²) >= 11 is 5.80. The maximum atomic E-state index is 12.1. The number of aryl methyl sites for hydroxylation is 1. The fourth-order valence-corrected chi connectivity index (χ4v) is 2.18. The minimum atomic E-state index is -0.281. The Balaban J connectivity index is 1.76. The Labute approximate surface area is 135 Å². The highest BCUT2D eigenvalue weighted by molar-refractivity contribution is 6.30. The molecule has 1 unspecified atom stereocenters. The number of aromatic nitrogens is 2. The smallest absolute Gasteiger partial charge is 0.241 e. The summed E-state index contributed by atoms with van der Waals surface area (Å²) in [6, 6.07) is 7.62. The lowest BCUT2D eigenvalue weighted by atomic mass is 10.1. The fourth-order valence-electron chi connectivity index (χ4n) is 2.02. The van der Waals surface area contributed by atoms with Crippen LogP contribution in [0.1, 0.15) is 19.4 Å². The van der Waals surface area contributed by atoms with Crippen LogP contribution in [0, 0.1) is 0 Å². The molecular formula is C16H21ClN4O. The van der Waals surface area contributed by atoms with Gasteiger partial charge in [-0.05, 0) is 31.0 Å². The van der Waals surface area contributed by atoms with Crippen molar-refractivity contribution in [2.45, 2.75) is 32.9 Å². The number of rotatable bonds is 7.